The molecule has 0 aliphatic carbocycles. The lowest BCUT2D eigenvalue weighted by Gasteiger charge is -2.11. The predicted molar refractivity (Wildman–Crippen MR) is 64.2 cm³/mol. The molecule has 0 saturated heterocycles. The molecule has 76 valence electrons. The first kappa shape index (κ1) is 10.2. The second kappa shape index (κ2) is 4.45. The number of allylic oxidation sites excluding steroid dienone is 1. The third kappa shape index (κ3) is 2.36. The Hall–Kier alpha value is -1.35. The van der Waals surface area contributed by atoms with Gasteiger partial charge in [-0.1, -0.05) is 30.3 Å². The van der Waals surface area contributed by atoms with Crippen LogP contribution in [0.15, 0.2) is 46.3 Å². The number of benzene rings is 1. The van der Waals surface area contributed by atoms with E-state index in [9.17, 15) is 4.79 Å². The second-order valence-electron chi connectivity index (χ2n) is 3.25. The largest absolute Gasteiger partial charge is 0.270 e. The standard InChI is InChI=1S/C12H11NOS/c1-15-10-7-11(13-12(14)8-10)9-5-3-2-4-6-9/h2-6,8H,7H2,1H3. The highest BCUT2D eigenvalue weighted by atomic mass is 32.2. The van der Waals surface area contributed by atoms with Crippen LogP contribution in [0, 0.1) is 0 Å². The van der Waals surface area contributed by atoms with Gasteiger partial charge in [-0.15, -0.1) is 11.8 Å². The summed E-state index contributed by atoms with van der Waals surface area (Å²) in [5, 5.41) is 0. The second-order valence-corrected chi connectivity index (χ2v) is 4.19. The fourth-order valence-corrected chi connectivity index (χ4v) is 1.99. The Morgan fingerprint density at radius 3 is 2.67 bits per heavy atom. The molecule has 1 heterocycles. The summed E-state index contributed by atoms with van der Waals surface area (Å²) in [5.41, 5.74) is 1.90. The van der Waals surface area contributed by atoms with Gasteiger partial charge in [-0.25, -0.2) is 4.99 Å². The van der Waals surface area contributed by atoms with E-state index in [1.807, 2.05) is 36.6 Å². The van der Waals surface area contributed by atoms with Crippen LogP contribution in [0.3, 0.4) is 0 Å². The van der Waals surface area contributed by atoms with E-state index in [4.69, 9.17) is 0 Å². The van der Waals surface area contributed by atoms with Crippen molar-refractivity contribution >= 4 is 23.4 Å². The molecule has 2 rings (SSSR count). The summed E-state index contributed by atoms with van der Waals surface area (Å²) in [4.78, 5) is 16.5. The number of carbonyl (C=O) groups is 1. The Kier molecular flexibility index (Phi) is 3.02. The van der Waals surface area contributed by atoms with E-state index >= 15 is 0 Å². The molecule has 3 heteroatoms. The summed E-state index contributed by atoms with van der Waals surface area (Å²) in [5.74, 6) is -0.149. The van der Waals surface area contributed by atoms with E-state index in [1.165, 1.54) is 0 Å². The molecule has 0 aromatic heterocycles. The van der Waals surface area contributed by atoms with Crippen molar-refractivity contribution in [3.05, 3.63) is 46.9 Å². The number of dihydropyridines is 1. The van der Waals surface area contributed by atoms with Gasteiger partial charge in [0.05, 0.1) is 5.71 Å². The molecule has 1 aliphatic heterocycles. The first-order chi connectivity index (χ1) is 7.29. The summed E-state index contributed by atoms with van der Waals surface area (Å²) in [7, 11) is 0. The van der Waals surface area contributed by atoms with E-state index < -0.39 is 0 Å². The zero-order valence-corrected chi connectivity index (χ0v) is 9.25. The number of carbonyl (C=O) groups excluding carboxylic acids is 1. The molecule has 2 nitrogen and oxygen atoms in total. The molecule has 0 spiro atoms. The first-order valence-electron chi connectivity index (χ1n) is 4.71. The Labute approximate surface area is 93.1 Å². The minimum atomic E-state index is -0.149. The average Bonchev–Trinajstić information content (AvgIpc) is 2.29. The Morgan fingerprint density at radius 1 is 1.27 bits per heavy atom. The highest BCUT2D eigenvalue weighted by molar-refractivity contribution is 8.02. The average molecular weight is 217 g/mol. The van der Waals surface area contributed by atoms with Gasteiger partial charge in [-0.05, 0) is 16.7 Å². The summed E-state index contributed by atoms with van der Waals surface area (Å²) in [6, 6.07) is 9.84. The lowest BCUT2D eigenvalue weighted by molar-refractivity contribution is -0.113. The van der Waals surface area contributed by atoms with Crippen LogP contribution < -0.4 is 0 Å². The van der Waals surface area contributed by atoms with Crippen molar-refractivity contribution in [3.63, 3.8) is 0 Å². The number of rotatable bonds is 2. The number of amides is 1. The highest BCUT2D eigenvalue weighted by Crippen LogP contribution is 2.22. The van der Waals surface area contributed by atoms with Gasteiger partial charge in [0.25, 0.3) is 5.91 Å². The molecule has 15 heavy (non-hydrogen) atoms. The van der Waals surface area contributed by atoms with Gasteiger partial charge in [0, 0.05) is 12.5 Å². The van der Waals surface area contributed by atoms with Gasteiger partial charge in [-0.2, -0.15) is 0 Å². The zero-order chi connectivity index (χ0) is 10.7. The molecule has 1 aromatic rings. The van der Waals surface area contributed by atoms with E-state index in [0.29, 0.717) is 0 Å². The maximum atomic E-state index is 11.3. The highest BCUT2D eigenvalue weighted by Gasteiger charge is 2.13. The first-order valence-corrected chi connectivity index (χ1v) is 5.93. The molecule has 0 N–H and O–H groups in total. The monoisotopic (exact) mass is 217 g/mol. The third-order valence-corrected chi connectivity index (χ3v) is 3.03. The van der Waals surface area contributed by atoms with Crippen molar-refractivity contribution in [1.82, 2.24) is 0 Å². The fourth-order valence-electron chi connectivity index (χ4n) is 1.49. The Balaban J connectivity index is 2.29. The molecular formula is C12H11NOS. The molecule has 1 amide bonds. The summed E-state index contributed by atoms with van der Waals surface area (Å²) < 4.78 is 0. The van der Waals surface area contributed by atoms with E-state index in [2.05, 4.69) is 4.99 Å². The van der Waals surface area contributed by atoms with Crippen molar-refractivity contribution in [2.75, 3.05) is 6.26 Å². The number of hydrogen-bond donors (Lipinski definition) is 0. The normalized spacial score (nSPS) is 15.9. The number of thioether (sulfide) groups is 1. The lowest BCUT2D eigenvalue weighted by atomic mass is 10.1. The van der Waals surface area contributed by atoms with E-state index in [0.717, 1.165) is 22.6 Å². The molecule has 0 fully saturated rings. The van der Waals surface area contributed by atoms with Crippen LogP contribution in [0.4, 0.5) is 0 Å². The van der Waals surface area contributed by atoms with E-state index in [1.54, 1.807) is 17.8 Å². The van der Waals surface area contributed by atoms with Gasteiger partial charge >= 0.3 is 0 Å². The number of nitrogens with zero attached hydrogens (tertiary/aromatic N) is 1. The molecule has 0 bridgehead atoms. The zero-order valence-electron chi connectivity index (χ0n) is 8.43. The lowest BCUT2D eigenvalue weighted by Crippen LogP contribution is -2.10. The molecule has 0 atom stereocenters. The van der Waals surface area contributed by atoms with Gasteiger partial charge in [0.1, 0.15) is 0 Å². The fraction of sp³-hybridized carbons (Fsp3) is 0.167. The van der Waals surface area contributed by atoms with Gasteiger partial charge < -0.3 is 0 Å². The molecule has 1 aromatic carbocycles. The molecular weight excluding hydrogens is 206 g/mol. The van der Waals surface area contributed by atoms with Crippen molar-refractivity contribution in [3.8, 4) is 0 Å². The van der Waals surface area contributed by atoms with Crippen LogP contribution in [0.2, 0.25) is 0 Å². The minimum Gasteiger partial charge on any atom is -0.267 e. The topological polar surface area (TPSA) is 29.4 Å². The maximum absolute atomic E-state index is 11.3. The van der Waals surface area contributed by atoms with Gasteiger partial charge in [-0.3, -0.25) is 4.79 Å². The smallest absolute Gasteiger partial charge is 0.267 e. The van der Waals surface area contributed by atoms with Gasteiger partial charge in [0.15, 0.2) is 0 Å². The number of hydrogen-bond acceptors (Lipinski definition) is 2. The van der Waals surface area contributed by atoms with Crippen molar-refractivity contribution in [2.24, 2.45) is 4.99 Å². The van der Waals surface area contributed by atoms with Crippen LogP contribution in [0.5, 0.6) is 0 Å². The summed E-state index contributed by atoms with van der Waals surface area (Å²) in [6.07, 6.45) is 4.35. The molecule has 0 radical (unpaired) electrons. The molecule has 0 unspecified atom stereocenters. The van der Waals surface area contributed by atoms with Crippen molar-refractivity contribution in [1.29, 1.82) is 0 Å². The predicted octanol–water partition coefficient (Wildman–Crippen LogP) is 2.65. The van der Waals surface area contributed by atoms with Crippen LogP contribution in [0.25, 0.3) is 0 Å². The van der Waals surface area contributed by atoms with Crippen molar-refractivity contribution < 1.29 is 4.79 Å². The quantitative estimate of drug-likeness (QED) is 0.762. The van der Waals surface area contributed by atoms with Gasteiger partial charge in [0.2, 0.25) is 0 Å². The minimum absolute atomic E-state index is 0.149. The van der Waals surface area contributed by atoms with Crippen LogP contribution in [-0.4, -0.2) is 17.9 Å². The Bertz CT molecular complexity index is 434. The number of aliphatic imine (C=N–C) groups is 1. The third-order valence-electron chi connectivity index (χ3n) is 2.24. The van der Waals surface area contributed by atoms with Crippen molar-refractivity contribution in [2.45, 2.75) is 6.42 Å². The van der Waals surface area contributed by atoms with Crippen LogP contribution >= 0.6 is 11.8 Å². The maximum Gasteiger partial charge on any atom is 0.270 e. The summed E-state index contributed by atoms with van der Waals surface area (Å²) in [6.45, 7) is 0. The Morgan fingerprint density at radius 2 is 2.00 bits per heavy atom. The molecule has 1 aliphatic rings. The van der Waals surface area contributed by atoms with E-state index in [-0.39, 0.29) is 5.91 Å². The van der Waals surface area contributed by atoms with Crippen LogP contribution in [-0.2, 0) is 4.79 Å². The van der Waals surface area contributed by atoms with Crippen LogP contribution in [0.1, 0.15) is 12.0 Å². The summed E-state index contributed by atoms with van der Waals surface area (Å²) >= 11 is 1.61. The SMILES string of the molecule is CSC1=CC(=O)N=C(c2ccccc2)C1. The molecule has 0 saturated carbocycles.